The van der Waals surface area contributed by atoms with Crippen LogP contribution in [-0.2, 0) is 28.1 Å². The van der Waals surface area contributed by atoms with E-state index in [0.29, 0.717) is 17.8 Å². The highest BCUT2D eigenvalue weighted by atomic mass is 31.2. The van der Waals surface area contributed by atoms with Gasteiger partial charge in [-0.25, -0.2) is 9.55 Å². The molecule has 0 aliphatic carbocycles. The molecule has 2 aliphatic heterocycles. The third-order valence-electron chi connectivity index (χ3n) is 6.80. The van der Waals surface area contributed by atoms with Gasteiger partial charge in [0.05, 0.1) is 32.3 Å². The van der Waals surface area contributed by atoms with Gasteiger partial charge < -0.3 is 34.3 Å². The minimum Gasteiger partial charge on any atom is -0.476 e. The van der Waals surface area contributed by atoms with E-state index in [1.165, 1.54) is 13.3 Å². The molecule has 2 aromatic heterocycles. The average molecular weight is 607 g/mol. The van der Waals surface area contributed by atoms with Gasteiger partial charge in [-0.1, -0.05) is 18.2 Å². The molecule has 6 atom stereocenters. The third-order valence-corrected chi connectivity index (χ3v) is 8.44. The van der Waals surface area contributed by atoms with Gasteiger partial charge in [0.15, 0.2) is 17.4 Å². The maximum atomic E-state index is 14.0. The number of nitrogens with two attached hydrogens (primary N) is 1. The Morgan fingerprint density at radius 3 is 2.76 bits per heavy atom. The molecule has 5 rings (SSSR count). The highest BCUT2D eigenvalue weighted by Gasteiger charge is 2.60. The van der Waals surface area contributed by atoms with Gasteiger partial charge in [-0.3, -0.25) is 13.9 Å². The lowest BCUT2D eigenvalue weighted by Gasteiger charge is -2.28. The molecule has 0 radical (unpaired) electrons. The maximum absolute atomic E-state index is 14.0. The van der Waals surface area contributed by atoms with Crippen LogP contribution < -0.4 is 20.1 Å². The van der Waals surface area contributed by atoms with E-state index in [1.807, 2.05) is 0 Å². The summed E-state index contributed by atoms with van der Waals surface area (Å²) in [6.45, 7) is 6.93. The molecular weight excluding hydrogens is 571 g/mol. The van der Waals surface area contributed by atoms with Crippen molar-refractivity contribution in [1.82, 2.24) is 24.6 Å². The lowest BCUT2D eigenvalue weighted by Crippen LogP contribution is -2.46. The van der Waals surface area contributed by atoms with E-state index >= 15 is 0 Å². The Labute approximate surface area is 242 Å². The van der Waals surface area contributed by atoms with Crippen LogP contribution in [0.25, 0.3) is 11.2 Å². The Kier molecular flexibility index (Phi) is 8.69. The lowest BCUT2D eigenvalue weighted by atomic mass is 9.91. The Hall–Kier alpha value is -3.33. The van der Waals surface area contributed by atoms with Gasteiger partial charge >= 0.3 is 13.7 Å². The number of esters is 1. The van der Waals surface area contributed by atoms with Crippen molar-refractivity contribution in [2.45, 2.75) is 70.3 Å². The third kappa shape index (κ3) is 6.07. The largest absolute Gasteiger partial charge is 0.476 e. The topological polar surface area (TPSA) is 191 Å². The van der Waals surface area contributed by atoms with Gasteiger partial charge in [0.25, 0.3) is 0 Å². The van der Waals surface area contributed by atoms with Gasteiger partial charge in [-0.15, -0.1) is 0 Å². The summed E-state index contributed by atoms with van der Waals surface area (Å²) in [4.78, 5) is 25.3. The molecule has 2 saturated heterocycles. The molecule has 3 aromatic rings. The average Bonchev–Trinajstić information content (AvgIpc) is 3.60. The number of hydrogen-bond acceptors (Lipinski definition) is 13. The zero-order chi connectivity index (χ0) is 30.1. The molecule has 2 aliphatic rings. The first-order valence-corrected chi connectivity index (χ1v) is 15.2. The van der Waals surface area contributed by atoms with Crippen molar-refractivity contribution >= 4 is 30.8 Å². The van der Waals surface area contributed by atoms with Crippen LogP contribution in [-0.4, -0.2) is 80.4 Å². The number of para-hydroxylation sites is 1. The van der Waals surface area contributed by atoms with Crippen LogP contribution in [0, 0.1) is 0 Å². The molecule has 1 aromatic carbocycles. The van der Waals surface area contributed by atoms with E-state index in [1.54, 1.807) is 55.7 Å². The molecule has 3 unspecified atom stereocenters. The van der Waals surface area contributed by atoms with Crippen LogP contribution in [0.3, 0.4) is 0 Å². The van der Waals surface area contributed by atoms with Crippen LogP contribution >= 0.6 is 7.75 Å². The van der Waals surface area contributed by atoms with Gasteiger partial charge in [0.1, 0.15) is 29.6 Å². The molecule has 0 bridgehead atoms. The van der Waals surface area contributed by atoms with Crippen molar-refractivity contribution in [2.75, 3.05) is 25.6 Å². The summed E-state index contributed by atoms with van der Waals surface area (Å²) in [6, 6.07) is 7.33. The number of ether oxygens (including phenoxy) is 4. The molecule has 0 saturated carbocycles. The number of nitrogen functional groups attached to an aromatic ring is 1. The van der Waals surface area contributed by atoms with Crippen LogP contribution in [0.1, 0.15) is 40.3 Å². The number of rotatable bonds is 12. The van der Waals surface area contributed by atoms with Crippen molar-refractivity contribution in [1.29, 1.82) is 0 Å². The molecule has 2 fully saturated rings. The first-order valence-electron chi connectivity index (χ1n) is 13.6. The summed E-state index contributed by atoms with van der Waals surface area (Å²) in [5, 5.41) is 14.3. The second kappa shape index (κ2) is 12.1. The quantitative estimate of drug-likeness (QED) is 0.201. The first kappa shape index (κ1) is 30.1. The first-order chi connectivity index (χ1) is 20.0. The fourth-order valence-electron chi connectivity index (χ4n) is 4.89. The SMILES string of the molecule is CCOc1nc(N)nc2c1ncn2C1OC(COP(=O)(N[C@@H](C)C(=O)OC(C)C)Oc2ccccc2)[C@]2(O)CCO[C@@H]12. The summed E-state index contributed by atoms with van der Waals surface area (Å²) < 4.78 is 50.1. The number of carbonyl (C=O) groups excluding carboxylic acids is 1. The maximum Gasteiger partial charge on any atom is 0.459 e. The van der Waals surface area contributed by atoms with Crippen LogP contribution in [0.5, 0.6) is 11.6 Å². The van der Waals surface area contributed by atoms with Crippen molar-refractivity contribution in [2.24, 2.45) is 0 Å². The van der Waals surface area contributed by atoms with Crippen LogP contribution in [0.15, 0.2) is 36.7 Å². The normalized spacial score (nSPS) is 25.7. The van der Waals surface area contributed by atoms with E-state index in [-0.39, 0.29) is 43.3 Å². The van der Waals surface area contributed by atoms with E-state index in [0.717, 1.165) is 0 Å². The number of benzene rings is 1. The Morgan fingerprint density at radius 2 is 2.05 bits per heavy atom. The van der Waals surface area contributed by atoms with Crippen molar-refractivity contribution in [3.8, 4) is 11.6 Å². The highest BCUT2D eigenvalue weighted by molar-refractivity contribution is 7.52. The van der Waals surface area contributed by atoms with Crippen LogP contribution in [0.4, 0.5) is 5.95 Å². The summed E-state index contributed by atoms with van der Waals surface area (Å²) in [6.07, 6.45) is -1.40. The predicted octanol–water partition coefficient (Wildman–Crippen LogP) is 2.36. The number of hydrogen-bond donors (Lipinski definition) is 3. The summed E-state index contributed by atoms with van der Waals surface area (Å²) in [5.74, 6) is -0.195. The molecule has 15 nitrogen and oxygen atoms in total. The van der Waals surface area contributed by atoms with Gasteiger partial charge in [-0.2, -0.15) is 15.1 Å². The molecular formula is C26H35N6O9P. The second-order valence-electron chi connectivity index (χ2n) is 10.2. The fraction of sp³-hybridized carbons (Fsp3) is 0.538. The molecule has 16 heteroatoms. The smallest absolute Gasteiger partial charge is 0.459 e. The van der Waals surface area contributed by atoms with Crippen molar-refractivity contribution in [3.63, 3.8) is 0 Å². The molecule has 4 N–H and O–H groups in total. The number of imidazole rings is 1. The highest BCUT2D eigenvalue weighted by Crippen LogP contribution is 2.50. The molecule has 42 heavy (non-hydrogen) atoms. The molecule has 0 amide bonds. The minimum absolute atomic E-state index is 0.0247. The Morgan fingerprint density at radius 1 is 1.29 bits per heavy atom. The Bertz CT molecular complexity index is 1460. The van der Waals surface area contributed by atoms with E-state index < -0.39 is 43.8 Å². The second-order valence-corrected chi connectivity index (χ2v) is 11.9. The summed E-state index contributed by atoms with van der Waals surface area (Å²) in [7, 11) is -4.21. The number of nitrogens with one attached hydrogen (secondary N) is 1. The van der Waals surface area contributed by atoms with Gasteiger partial charge in [0.2, 0.25) is 11.8 Å². The number of carbonyl (C=O) groups is 1. The predicted molar refractivity (Wildman–Crippen MR) is 149 cm³/mol. The number of fused-ring (bicyclic) bond motifs is 2. The standard InChI is InChI=1S/C26H35N6O9P/c1-5-36-22-19-21(29-25(27)30-22)32(14-28-19)23-20-26(34,11-12-37-20)18(40-23)13-38-42(35,41-17-9-7-6-8-10-17)31-16(4)24(33)39-15(2)3/h6-10,14-16,18,20,23,34H,5,11-13H2,1-4H3,(H,31,35)(H2,27,29,30)/t16-,18?,20-,23?,26+,42?/m0/s1. The van der Waals surface area contributed by atoms with Crippen molar-refractivity contribution in [3.05, 3.63) is 36.7 Å². The summed E-state index contributed by atoms with van der Waals surface area (Å²) in [5.41, 5.74) is 5.10. The van der Waals surface area contributed by atoms with E-state index in [2.05, 4.69) is 20.0 Å². The van der Waals surface area contributed by atoms with Gasteiger partial charge in [-0.05, 0) is 39.8 Å². The lowest BCUT2D eigenvalue weighted by molar-refractivity contribution is -0.149. The van der Waals surface area contributed by atoms with E-state index in [9.17, 15) is 14.5 Å². The zero-order valence-corrected chi connectivity index (χ0v) is 24.6. The number of aliphatic hydroxyl groups is 1. The summed E-state index contributed by atoms with van der Waals surface area (Å²) >= 11 is 0. The molecule has 228 valence electrons. The number of aromatic nitrogens is 4. The Balaban J connectivity index is 1.39. The van der Waals surface area contributed by atoms with Crippen LogP contribution in [0.2, 0.25) is 0 Å². The minimum atomic E-state index is -4.21. The monoisotopic (exact) mass is 606 g/mol. The van der Waals surface area contributed by atoms with E-state index in [4.69, 9.17) is 33.7 Å². The van der Waals surface area contributed by atoms with Gasteiger partial charge in [0, 0.05) is 6.42 Å². The molecule has 4 heterocycles. The zero-order valence-electron chi connectivity index (χ0n) is 23.7. The van der Waals surface area contributed by atoms with Crippen molar-refractivity contribution < 1.29 is 42.5 Å². The number of anilines is 1. The fourth-order valence-corrected chi connectivity index (χ4v) is 6.38. The number of nitrogens with zero attached hydrogens (tertiary/aromatic N) is 4. The molecule has 0 spiro atoms.